The Kier molecular flexibility index (Phi) is 4.25. The van der Waals surface area contributed by atoms with E-state index in [0.29, 0.717) is 10.7 Å². The SMILES string of the molecule is Cc1sc(N/N=C/c2ccc(O)cc2O)nc1-c1ccccc1. The molecule has 116 valence electrons. The summed E-state index contributed by atoms with van der Waals surface area (Å²) in [6.45, 7) is 2.01. The Hall–Kier alpha value is -2.86. The largest absolute Gasteiger partial charge is 0.508 e. The summed E-state index contributed by atoms with van der Waals surface area (Å²) in [6, 6.07) is 14.3. The fourth-order valence-corrected chi connectivity index (χ4v) is 2.89. The van der Waals surface area contributed by atoms with Gasteiger partial charge in [-0.3, -0.25) is 5.43 Å². The highest BCUT2D eigenvalue weighted by Crippen LogP contribution is 2.30. The van der Waals surface area contributed by atoms with Gasteiger partial charge in [0.2, 0.25) is 5.13 Å². The van der Waals surface area contributed by atoms with Crippen molar-refractivity contribution in [1.29, 1.82) is 0 Å². The summed E-state index contributed by atoms with van der Waals surface area (Å²) in [5.74, 6) is -0.0218. The number of anilines is 1. The first-order chi connectivity index (χ1) is 11.1. The molecular formula is C17H15N3O2S. The van der Waals surface area contributed by atoms with Crippen LogP contribution in [0.4, 0.5) is 5.13 Å². The lowest BCUT2D eigenvalue weighted by atomic mass is 10.1. The molecule has 3 N–H and O–H groups in total. The molecule has 0 radical (unpaired) electrons. The molecule has 0 aliphatic rings. The van der Waals surface area contributed by atoms with E-state index in [0.717, 1.165) is 16.1 Å². The van der Waals surface area contributed by atoms with Gasteiger partial charge in [-0.2, -0.15) is 5.10 Å². The van der Waals surface area contributed by atoms with E-state index < -0.39 is 0 Å². The van der Waals surface area contributed by atoms with Gasteiger partial charge in [0, 0.05) is 22.1 Å². The highest BCUT2D eigenvalue weighted by Gasteiger charge is 2.08. The van der Waals surface area contributed by atoms with Crippen molar-refractivity contribution in [3.8, 4) is 22.8 Å². The molecule has 0 saturated carbocycles. The molecule has 0 amide bonds. The van der Waals surface area contributed by atoms with Gasteiger partial charge in [0.1, 0.15) is 11.5 Å². The molecule has 23 heavy (non-hydrogen) atoms. The number of hydrazone groups is 1. The number of hydrogen-bond acceptors (Lipinski definition) is 6. The van der Waals surface area contributed by atoms with Crippen LogP contribution in [-0.2, 0) is 0 Å². The third-order valence-electron chi connectivity index (χ3n) is 3.22. The molecule has 0 bridgehead atoms. The molecule has 0 atom stereocenters. The van der Waals surface area contributed by atoms with Crippen LogP contribution >= 0.6 is 11.3 Å². The Bertz CT molecular complexity index is 844. The molecule has 5 nitrogen and oxygen atoms in total. The zero-order valence-electron chi connectivity index (χ0n) is 12.4. The molecule has 1 aromatic heterocycles. The molecular weight excluding hydrogens is 310 g/mol. The van der Waals surface area contributed by atoms with Crippen molar-refractivity contribution >= 4 is 22.7 Å². The maximum absolute atomic E-state index is 9.69. The van der Waals surface area contributed by atoms with Crippen LogP contribution in [0.5, 0.6) is 11.5 Å². The van der Waals surface area contributed by atoms with Gasteiger partial charge in [-0.1, -0.05) is 30.3 Å². The summed E-state index contributed by atoms with van der Waals surface area (Å²) < 4.78 is 0. The number of benzene rings is 2. The molecule has 6 heteroatoms. The number of nitrogens with one attached hydrogen (secondary N) is 1. The molecule has 3 rings (SSSR count). The standard InChI is InChI=1S/C17H15N3O2S/c1-11-16(12-5-3-2-4-6-12)19-17(23-11)20-18-10-13-7-8-14(21)9-15(13)22/h2-10,21-22H,1H3,(H,19,20)/b18-10+. The molecule has 3 aromatic rings. The minimum atomic E-state index is -0.0316. The summed E-state index contributed by atoms with van der Waals surface area (Å²) in [4.78, 5) is 5.64. The van der Waals surface area contributed by atoms with Crippen LogP contribution in [0.3, 0.4) is 0 Å². The quantitative estimate of drug-likeness (QED) is 0.501. The van der Waals surface area contributed by atoms with Crippen LogP contribution in [0.2, 0.25) is 0 Å². The van der Waals surface area contributed by atoms with Crippen LogP contribution in [0, 0.1) is 6.92 Å². The van der Waals surface area contributed by atoms with E-state index in [1.165, 1.54) is 29.7 Å². The molecule has 0 unspecified atom stereocenters. The van der Waals surface area contributed by atoms with Gasteiger partial charge >= 0.3 is 0 Å². The van der Waals surface area contributed by atoms with Gasteiger partial charge in [0.05, 0.1) is 11.9 Å². The number of nitrogens with zero attached hydrogens (tertiary/aromatic N) is 2. The zero-order chi connectivity index (χ0) is 16.2. The second kappa shape index (κ2) is 6.50. The third-order valence-corrected chi connectivity index (χ3v) is 4.10. The summed E-state index contributed by atoms with van der Waals surface area (Å²) in [5.41, 5.74) is 5.37. The van der Waals surface area contributed by atoms with Crippen molar-refractivity contribution in [1.82, 2.24) is 4.98 Å². The van der Waals surface area contributed by atoms with Crippen LogP contribution < -0.4 is 5.43 Å². The van der Waals surface area contributed by atoms with Gasteiger partial charge < -0.3 is 10.2 Å². The van der Waals surface area contributed by atoms with E-state index >= 15 is 0 Å². The van der Waals surface area contributed by atoms with Gasteiger partial charge in [-0.15, -0.1) is 11.3 Å². The normalized spacial score (nSPS) is 11.0. The zero-order valence-corrected chi connectivity index (χ0v) is 13.2. The topological polar surface area (TPSA) is 77.7 Å². The number of phenols is 2. The van der Waals surface area contributed by atoms with E-state index in [2.05, 4.69) is 15.5 Å². The predicted molar refractivity (Wildman–Crippen MR) is 93.3 cm³/mol. The van der Waals surface area contributed by atoms with Gasteiger partial charge in [0.25, 0.3) is 0 Å². The minimum absolute atomic E-state index is 0.00987. The van der Waals surface area contributed by atoms with E-state index in [1.807, 2.05) is 37.3 Å². The third kappa shape index (κ3) is 3.49. The van der Waals surface area contributed by atoms with Crippen molar-refractivity contribution < 1.29 is 10.2 Å². The summed E-state index contributed by atoms with van der Waals surface area (Å²) in [6.07, 6.45) is 1.48. The van der Waals surface area contributed by atoms with Crippen molar-refractivity contribution in [2.24, 2.45) is 5.10 Å². The predicted octanol–water partition coefficient (Wildman–Crippen LogP) is 3.98. The van der Waals surface area contributed by atoms with Crippen molar-refractivity contribution in [2.75, 3.05) is 5.43 Å². The van der Waals surface area contributed by atoms with E-state index in [9.17, 15) is 10.2 Å². The molecule has 1 heterocycles. The second-order valence-corrected chi connectivity index (χ2v) is 6.11. The molecule has 0 aliphatic heterocycles. The van der Waals surface area contributed by atoms with Crippen LogP contribution in [0.15, 0.2) is 53.6 Å². The molecule has 0 fully saturated rings. The smallest absolute Gasteiger partial charge is 0.204 e. The number of aromatic hydroxyl groups is 2. The molecule has 0 spiro atoms. The van der Waals surface area contributed by atoms with Crippen molar-refractivity contribution in [2.45, 2.75) is 6.92 Å². The Balaban J connectivity index is 1.75. The highest BCUT2D eigenvalue weighted by atomic mass is 32.1. The summed E-state index contributed by atoms with van der Waals surface area (Å²) in [7, 11) is 0. The number of hydrogen-bond donors (Lipinski definition) is 3. The summed E-state index contributed by atoms with van der Waals surface area (Å²) >= 11 is 1.51. The maximum Gasteiger partial charge on any atom is 0.204 e. The Morgan fingerprint density at radius 1 is 1.13 bits per heavy atom. The van der Waals surface area contributed by atoms with Gasteiger partial charge in [0.15, 0.2) is 0 Å². The lowest BCUT2D eigenvalue weighted by molar-refractivity contribution is 0.450. The van der Waals surface area contributed by atoms with Crippen LogP contribution in [0.25, 0.3) is 11.3 Å². The van der Waals surface area contributed by atoms with E-state index in [-0.39, 0.29) is 11.5 Å². The Labute approximate surface area is 137 Å². The van der Waals surface area contributed by atoms with E-state index in [1.54, 1.807) is 6.07 Å². The maximum atomic E-state index is 9.69. The lowest BCUT2D eigenvalue weighted by Gasteiger charge is -1.99. The number of thiazole rings is 1. The fraction of sp³-hybridized carbons (Fsp3) is 0.0588. The second-order valence-electron chi connectivity index (χ2n) is 4.90. The first-order valence-electron chi connectivity index (χ1n) is 6.97. The average Bonchev–Trinajstić information content (AvgIpc) is 2.91. The number of aromatic nitrogens is 1. The van der Waals surface area contributed by atoms with Crippen LogP contribution in [0.1, 0.15) is 10.4 Å². The highest BCUT2D eigenvalue weighted by molar-refractivity contribution is 7.15. The Morgan fingerprint density at radius 2 is 1.91 bits per heavy atom. The minimum Gasteiger partial charge on any atom is -0.508 e. The van der Waals surface area contributed by atoms with Gasteiger partial charge in [-0.25, -0.2) is 4.98 Å². The monoisotopic (exact) mass is 325 g/mol. The molecule has 0 saturated heterocycles. The summed E-state index contributed by atoms with van der Waals surface area (Å²) in [5, 5.41) is 23.7. The number of phenolic OH excluding ortho intramolecular Hbond substituents is 2. The lowest BCUT2D eigenvalue weighted by Crippen LogP contribution is -1.90. The van der Waals surface area contributed by atoms with E-state index in [4.69, 9.17) is 0 Å². The van der Waals surface area contributed by atoms with Gasteiger partial charge in [-0.05, 0) is 19.1 Å². The fourth-order valence-electron chi connectivity index (χ4n) is 2.11. The molecule has 0 aliphatic carbocycles. The van der Waals surface area contributed by atoms with Crippen molar-refractivity contribution in [3.05, 3.63) is 59.0 Å². The van der Waals surface area contributed by atoms with Crippen LogP contribution in [-0.4, -0.2) is 21.4 Å². The Morgan fingerprint density at radius 3 is 2.65 bits per heavy atom. The first-order valence-corrected chi connectivity index (χ1v) is 7.79. The van der Waals surface area contributed by atoms with Crippen molar-refractivity contribution in [3.63, 3.8) is 0 Å². The first kappa shape index (κ1) is 15.1. The number of aryl methyl sites for hydroxylation is 1. The average molecular weight is 325 g/mol. The number of rotatable bonds is 4. The molecule has 2 aromatic carbocycles.